The molecule has 0 radical (unpaired) electrons. The highest BCUT2D eigenvalue weighted by molar-refractivity contribution is 6.31. The zero-order valence-electron chi connectivity index (χ0n) is 15.5. The van der Waals surface area contributed by atoms with Gasteiger partial charge in [-0.25, -0.2) is 9.97 Å². The van der Waals surface area contributed by atoms with Gasteiger partial charge < -0.3 is 20.3 Å². The minimum atomic E-state index is 0.338. The molecular weight excluding hydrogens is 362 g/mol. The van der Waals surface area contributed by atoms with E-state index in [2.05, 4.69) is 49.8 Å². The number of halogens is 1. The van der Waals surface area contributed by atoms with Crippen LogP contribution in [-0.2, 0) is 11.2 Å². The first-order chi connectivity index (χ1) is 13.3. The molecule has 0 saturated carbocycles. The molecule has 2 saturated heterocycles. The fourth-order valence-corrected chi connectivity index (χ4v) is 3.80. The van der Waals surface area contributed by atoms with Gasteiger partial charge in [0.25, 0.3) is 0 Å². The van der Waals surface area contributed by atoms with E-state index in [1.165, 1.54) is 5.69 Å². The first-order valence-electron chi connectivity index (χ1n) is 9.74. The minimum absolute atomic E-state index is 0.338. The summed E-state index contributed by atoms with van der Waals surface area (Å²) in [6.45, 7) is 5.03. The summed E-state index contributed by atoms with van der Waals surface area (Å²) in [6.07, 6.45) is 6.06. The molecule has 6 nitrogen and oxygen atoms in total. The number of rotatable bonds is 6. The minimum Gasteiger partial charge on any atom is -0.378 e. The number of ether oxygens (including phenoxy) is 1. The number of anilines is 3. The van der Waals surface area contributed by atoms with Crippen LogP contribution in [0.5, 0.6) is 0 Å². The second-order valence-corrected chi connectivity index (χ2v) is 7.48. The van der Waals surface area contributed by atoms with Gasteiger partial charge in [-0.3, -0.25) is 0 Å². The fraction of sp³-hybridized carbons (Fsp3) is 0.500. The van der Waals surface area contributed by atoms with Gasteiger partial charge in [-0.2, -0.15) is 0 Å². The average Bonchev–Trinajstić information content (AvgIpc) is 3.23. The molecule has 0 bridgehead atoms. The van der Waals surface area contributed by atoms with Gasteiger partial charge in [0.05, 0.1) is 23.0 Å². The monoisotopic (exact) mass is 387 g/mol. The summed E-state index contributed by atoms with van der Waals surface area (Å²) in [7, 11) is 0. The van der Waals surface area contributed by atoms with Crippen molar-refractivity contribution in [2.45, 2.75) is 31.8 Å². The topological polar surface area (TPSA) is 62.3 Å². The van der Waals surface area contributed by atoms with Crippen molar-refractivity contribution in [3.05, 3.63) is 41.2 Å². The second kappa shape index (κ2) is 8.87. The maximum atomic E-state index is 6.29. The van der Waals surface area contributed by atoms with Gasteiger partial charge in [-0.15, -0.1) is 0 Å². The summed E-state index contributed by atoms with van der Waals surface area (Å²) >= 11 is 6.29. The third kappa shape index (κ3) is 4.89. The summed E-state index contributed by atoms with van der Waals surface area (Å²) in [5.74, 6) is 0.580. The molecule has 2 N–H and O–H groups in total. The maximum absolute atomic E-state index is 6.29. The second-order valence-electron chi connectivity index (χ2n) is 7.07. The Kier molecular flexibility index (Phi) is 6.07. The lowest BCUT2D eigenvalue weighted by molar-refractivity contribution is 0.104. The smallest absolute Gasteiger partial charge is 0.227 e. The molecule has 27 heavy (non-hydrogen) atoms. The van der Waals surface area contributed by atoms with Gasteiger partial charge >= 0.3 is 0 Å². The lowest BCUT2D eigenvalue weighted by atomic mass is 10.1. The molecule has 0 aliphatic carbocycles. The molecule has 144 valence electrons. The summed E-state index contributed by atoms with van der Waals surface area (Å²) in [6, 6.07) is 8.42. The Morgan fingerprint density at radius 2 is 2.04 bits per heavy atom. The van der Waals surface area contributed by atoms with E-state index in [1.54, 1.807) is 6.20 Å². The number of aryl methyl sites for hydroxylation is 1. The molecule has 2 aliphatic rings. The van der Waals surface area contributed by atoms with E-state index in [0.717, 1.165) is 69.9 Å². The van der Waals surface area contributed by atoms with Crippen LogP contribution in [0.15, 0.2) is 30.5 Å². The maximum Gasteiger partial charge on any atom is 0.227 e. The number of hydrogen-bond donors (Lipinski definition) is 2. The first kappa shape index (κ1) is 18.5. The van der Waals surface area contributed by atoms with Crippen LogP contribution in [0.1, 0.15) is 25.0 Å². The molecule has 2 fully saturated rings. The largest absolute Gasteiger partial charge is 0.378 e. The van der Waals surface area contributed by atoms with Crippen molar-refractivity contribution in [2.24, 2.45) is 0 Å². The van der Waals surface area contributed by atoms with Crippen molar-refractivity contribution in [3.63, 3.8) is 0 Å². The Morgan fingerprint density at radius 1 is 1.22 bits per heavy atom. The van der Waals surface area contributed by atoms with Crippen molar-refractivity contribution >= 4 is 28.9 Å². The lowest BCUT2D eigenvalue weighted by Crippen LogP contribution is -2.43. The SMILES string of the molecule is Clc1cnc(Nc2ccc(N3CCNCC3)cc2)nc1CCC1CCCO1. The fourth-order valence-electron chi connectivity index (χ4n) is 3.62. The molecule has 1 atom stereocenters. The van der Waals surface area contributed by atoms with E-state index >= 15 is 0 Å². The van der Waals surface area contributed by atoms with Crippen molar-refractivity contribution < 1.29 is 4.74 Å². The van der Waals surface area contributed by atoms with Crippen LogP contribution >= 0.6 is 11.6 Å². The van der Waals surface area contributed by atoms with E-state index in [9.17, 15) is 0 Å². The van der Waals surface area contributed by atoms with Gasteiger partial charge in [-0.05, 0) is 49.9 Å². The molecule has 7 heteroatoms. The molecule has 1 aromatic heterocycles. The highest BCUT2D eigenvalue weighted by atomic mass is 35.5. The van der Waals surface area contributed by atoms with Gasteiger partial charge in [0.15, 0.2) is 0 Å². The highest BCUT2D eigenvalue weighted by Crippen LogP contribution is 2.23. The van der Waals surface area contributed by atoms with Crippen molar-refractivity contribution in [2.75, 3.05) is 43.0 Å². The van der Waals surface area contributed by atoms with Crippen LogP contribution < -0.4 is 15.5 Å². The van der Waals surface area contributed by atoms with Gasteiger partial charge in [0.2, 0.25) is 5.95 Å². The van der Waals surface area contributed by atoms with Gasteiger partial charge in [0.1, 0.15) is 0 Å². The number of benzene rings is 1. The molecule has 4 rings (SSSR count). The molecule has 2 aliphatic heterocycles. The quantitative estimate of drug-likeness (QED) is 0.792. The molecule has 1 aromatic carbocycles. The number of piperazine rings is 1. The molecule has 2 aromatic rings. The predicted octanol–water partition coefficient (Wildman–Crippen LogP) is 3.39. The van der Waals surface area contributed by atoms with E-state index < -0.39 is 0 Å². The Labute approximate surface area is 165 Å². The number of nitrogens with zero attached hydrogens (tertiary/aromatic N) is 3. The van der Waals surface area contributed by atoms with Crippen molar-refractivity contribution in [3.8, 4) is 0 Å². The van der Waals surface area contributed by atoms with Gasteiger partial charge in [0, 0.05) is 44.2 Å². The normalized spacial score (nSPS) is 20.0. The Morgan fingerprint density at radius 3 is 2.78 bits per heavy atom. The number of nitrogens with one attached hydrogen (secondary N) is 2. The zero-order valence-corrected chi connectivity index (χ0v) is 16.2. The Bertz CT molecular complexity index is 743. The van der Waals surface area contributed by atoms with Crippen molar-refractivity contribution in [1.29, 1.82) is 0 Å². The average molecular weight is 388 g/mol. The van der Waals surface area contributed by atoms with Crippen LogP contribution in [0.25, 0.3) is 0 Å². The van der Waals surface area contributed by atoms with E-state index in [0.29, 0.717) is 17.1 Å². The van der Waals surface area contributed by atoms with Crippen LogP contribution in [0.3, 0.4) is 0 Å². The summed E-state index contributed by atoms with van der Waals surface area (Å²) in [5, 5.41) is 7.28. The first-order valence-corrected chi connectivity index (χ1v) is 10.1. The van der Waals surface area contributed by atoms with Crippen LogP contribution in [0, 0.1) is 0 Å². The van der Waals surface area contributed by atoms with Crippen LogP contribution in [-0.4, -0.2) is 48.9 Å². The zero-order chi connectivity index (χ0) is 18.5. The highest BCUT2D eigenvalue weighted by Gasteiger charge is 2.17. The van der Waals surface area contributed by atoms with Crippen LogP contribution in [0.2, 0.25) is 5.02 Å². The standard InChI is InChI=1S/C20H26ClN5O/c21-18-14-23-20(25-19(18)8-7-17-2-1-13-27-17)24-15-3-5-16(6-4-15)26-11-9-22-10-12-26/h3-6,14,17,22H,1-2,7-13H2,(H,23,24,25). The van der Waals surface area contributed by atoms with E-state index in [4.69, 9.17) is 16.3 Å². The van der Waals surface area contributed by atoms with Gasteiger partial charge in [-0.1, -0.05) is 11.6 Å². The Hall–Kier alpha value is -1.89. The summed E-state index contributed by atoms with van der Waals surface area (Å²) in [4.78, 5) is 11.3. The van der Waals surface area contributed by atoms with Crippen LogP contribution in [0.4, 0.5) is 17.3 Å². The molecule has 3 heterocycles. The molecule has 0 spiro atoms. The third-order valence-electron chi connectivity index (χ3n) is 5.15. The van der Waals surface area contributed by atoms with Crippen molar-refractivity contribution in [1.82, 2.24) is 15.3 Å². The van der Waals surface area contributed by atoms with E-state index in [-0.39, 0.29) is 0 Å². The lowest BCUT2D eigenvalue weighted by Gasteiger charge is -2.29. The van der Waals surface area contributed by atoms with E-state index in [1.807, 2.05) is 0 Å². The summed E-state index contributed by atoms with van der Waals surface area (Å²) < 4.78 is 5.69. The molecule has 0 amide bonds. The summed E-state index contributed by atoms with van der Waals surface area (Å²) in [5.41, 5.74) is 3.10. The third-order valence-corrected chi connectivity index (χ3v) is 5.47. The molecular formula is C20H26ClN5O. The molecule has 1 unspecified atom stereocenters. The Balaban J connectivity index is 1.38. The number of aromatic nitrogens is 2. The number of hydrogen-bond acceptors (Lipinski definition) is 6. The predicted molar refractivity (Wildman–Crippen MR) is 109 cm³/mol.